The van der Waals surface area contributed by atoms with Gasteiger partial charge < -0.3 is 10.1 Å². The van der Waals surface area contributed by atoms with Crippen molar-refractivity contribution in [2.45, 2.75) is 18.9 Å². The second kappa shape index (κ2) is 2.91. The number of hydrogen-bond acceptors (Lipinski definition) is 3. The molecule has 1 aliphatic heterocycles. The zero-order valence-electron chi connectivity index (χ0n) is 6.51. The van der Waals surface area contributed by atoms with Gasteiger partial charge in [0.1, 0.15) is 6.10 Å². The van der Waals surface area contributed by atoms with Crippen LogP contribution in [0.3, 0.4) is 0 Å². The molecule has 1 aliphatic carbocycles. The molecule has 2 aliphatic rings. The molecule has 0 spiro atoms. The van der Waals surface area contributed by atoms with Gasteiger partial charge in [-0.1, -0.05) is 0 Å². The summed E-state index contributed by atoms with van der Waals surface area (Å²) in [6.07, 6.45) is 2.02. The van der Waals surface area contributed by atoms with Gasteiger partial charge in [0.05, 0.1) is 6.61 Å². The number of hydrogen-bond donors (Lipinski definition) is 1. The number of carbonyl (C=O) groups is 1. The van der Waals surface area contributed by atoms with Crippen molar-refractivity contribution in [2.75, 3.05) is 19.7 Å². The Morgan fingerprint density at radius 2 is 2.27 bits per heavy atom. The lowest BCUT2D eigenvalue weighted by molar-refractivity contribution is -0.133. The Morgan fingerprint density at radius 1 is 1.45 bits per heavy atom. The molecule has 0 radical (unpaired) electrons. The normalized spacial score (nSPS) is 31.8. The van der Waals surface area contributed by atoms with E-state index in [1.807, 2.05) is 0 Å². The molecule has 1 saturated heterocycles. The molecule has 0 aromatic heterocycles. The predicted molar refractivity (Wildman–Crippen MR) is 40.3 cm³/mol. The number of ether oxygens (including phenoxy) is 1. The third-order valence-corrected chi connectivity index (χ3v) is 2.22. The maximum Gasteiger partial charge on any atom is 0.165 e. The van der Waals surface area contributed by atoms with Crippen LogP contribution < -0.4 is 5.32 Å². The zero-order chi connectivity index (χ0) is 7.68. The fraction of sp³-hybridized carbons (Fsp3) is 0.875. The minimum Gasteiger partial charge on any atom is -0.368 e. The van der Waals surface area contributed by atoms with E-state index in [1.165, 1.54) is 0 Å². The Labute approximate surface area is 66.1 Å². The number of nitrogens with one attached hydrogen (secondary N) is 1. The van der Waals surface area contributed by atoms with Gasteiger partial charge in [-0.2, -0.15) is 0 Å². The van der Waals surface area contributed by atoms with E-state index in [0.717, 1.165) is 25.9 Å². The molecular weight excluding hydrogens is 142 g/mol. The van der Waals surface area contributed by atoms with Gasteiger partial charge in [-0.25, -0.2) is 0 Å². The van der Waals surface area contributed by atoms with Crippen molar-refractivity contribution >= 4 is 5.78 Å². The van der Waals surface area contributed by atoms with Crippen LogP contribution in [-0.4, -0.2) is 31.6 Å². The topological polar surface area (TPSA) is 38.3 Å². The zero-order valence-corrected chi connectivity index (χ0v) is 6.51. The lowest BCUT2D eigenvalue weighted by atomic mass is 10.1. The number of Topliss-reactive ketones (excluding diaryl/α,β-unsaturated/α-hetero) is 1. The van der Waals surface area contributed by atoms with Crippen LogP contribution in [0.2, 0.25) is 0 Å². The third-order valence-electron chi connectivity index (χ3n) is 2.22. The summed E-state index contributed by atoms with van der Waals surface area (Å²) in [6.45, 7) is 2.28. The lowest BCUT2D eigenvalue weighted by Gasteiger charge is -2.22. The van der Waals surface area contributed by atoms with E-state index in [9.17, 15) is 4.79 Å². The van der Waals surface area contributed by atoms with E-state index in [0.29, 0.717) is 18.3 Å². The first-order chi connectivity index (χ1) is 5.38. The van der Waals surface area contributed by atoms with Crippen molar-refractivity contribution in [3.05, 3.63) is 0 Å². The molecule has 0 aromatic rings. The summed E-state index contributed by atoms with van der Waals surface area (Å²) in [6, 6.07) is 0. The SMILES string of the molecule is O=C(C1CC1)C1CNCCO1. The lowest BCUT2D eigenvalue weighted by Crippen LogP contribution is -2.43. The van der Waals surface area contributed by atoms with Gasteiger partial charge >= 0.3 is 0 Å². The highest BCUT2D eigenvalue weighted by Gasteiger charge is 2.35. The summed E-state index contributed by atoms with van der Waals surface area (Å²) in [5, 5.41) is 3.15. The average Bonchev–Trinajstić information content (AvgIpc) is 2.87. The highest BCUT2D eigenvalue weighted by atomic mass is 16.5. The van der Waals surface area contributed by atoms with Crippen LogP contribution in [0.15, 0.2) is 0 Å². The number of morpholine rings is 1. The van der Waals surface area contributed by atoms with Crippen LogP contribution in [0.1, 0.15) is 12.8 Å². The maximum atomic E-state index is 11.4. The summed E-state index contributed by atoms with van der Waals surface area (Å²) >= 11 is 0. The van der Waals surface area contributed by atoms with Crippen LogP contribution >= 0.6 is 0 Å². The largest absolute Gasteiger partial charge is 0.368 e. The van der Waals surface area contributed by atoms with Gasteiger partial charge in [-0.15, -0.1) is 0 Å². The van der Waals surface area contributed by atoms with Gasteiger partial charge in [-0.3, -0.25) is 4.79 Å². The number of rotatable bonds is 2. The van der Waals surface area contributed by atoms with Gasteiger partial charge in [0.15, 0.2) is 5.78 Å². The second-order valence-corrected chi connectivity index (χ2v) is 3.24. The monoisotopic (exact) mass is 155 g/mol. The fourth-order valence-corrected chi connectivity index (χ4v) is 1.38. The first-order valence-electron chi connectivity index (χ1n) is 4.24. The average molecular weight is 155 g/mol. The molecule has 3 heteroatoms. The Balaban J connectivity index is 1.86. The summed E-state index contributed by atoms with van der Waals surface area (Å²) < 4.78 is 5.33. The Morgan fingerprint density at radius 3 is 2.82 bits per heavy atom. The summed E-state index contributed by atoms with van der Waals surface area (Å²) in [5.41, 5.74) is 0. The van der Waals surface area contributed by atoms with Crippen molar-refractivity contribution in [3.8, 4) is 0 Å². The molecule has 0 amide bonds. The van der Waals surface area contributed by atoms with E-state index < -0.39 is 0 Å². The van der Waals surface area contributed by atoms with E-state index in [1.54, 1.807) is 0 Å². The summed E-state index contributed by atoms with van der Waals surface area (Å²) in [5.74, 6) is 0.650. The second-order valence-electron chi connectivity index (χ2n) is 3.24. The van der Waals surface area contributed by atoms with Crippen LogP contribution in [-0.2, 0) is 9.53 Å². The Kier molecular flexibility index (Phi) is 1.92. The maximum absolute atomic E-state index is 11.4. The molecule has 0 aromatic carbocycles. The molecule has 1 N–H and O–H groups in total. The standard InChI is InChI=1S/C8H13NO2/c10-8(6-1-2-6)7-5-9-3-4-11-7/h6-7,9H,1-5H2. The predicted octanol–water partition coefficient (Wildman–Crippen LogP) is -0.0461. The Bertz CT molecular complexity index is 159. The fourth-order valence-electron chi connectivity index (χ4n) is 1.38. The van der Waals surface area contributed by atoms with E-state index in [4.69, 9.17) is 4.74 Å². The smallest absolute Gasteiger partial charge is 0.165 e. The van der Waals surface area contributed by atoms with Crippen molar-refractivity contribution < 1.29 is 9.53 Å². The first-order valence-corrected chi connectivity index (χ1v) is 4.24. The molecule has 1 unspecified atom stereocenters. The molecule has 2 fully saturated rings. The first kappa shape index (κ1) is 7.25. The molecular formula is C8H13NO2. The molecule has 1 heterocycles. The van der Waals surface area contributed by atoms with E-state index in [-0.39, 0.29) is 6.10 Å². The van der Waals surface area contributed by atoms with Gasteiger partial charge in [0, 0.05) is 19.0 Å². The quantitative estimate of drug-likeness (QED) is 0.607. The Hall–Kier alpha value is -0.410. The van der Waals surface area contributed by atoms with Crippen molar-refractivity contribution in [1.29, 1.82) is 0 Å². The van der Waals surface area contributed by atoms with Crippen molar-refractivity contribution in [2.24, 2.45) is 5.92 Å². The van der Waals surface area contributed by atoms with Crippen LogP contribution in [0, 0.1) is 5.92 Å². The van der Waals surface area contributed by atoms with Crippen molar-refractivity contribution in [3.63, 3.8) is 0 Å². The molecule has 1 saturated carbocycles. The molecule has 0 bridgehead atoms. The van der Waals surface area contributed by atoms with E-state index >= 15 is 0 Å². The number of carbonyl (C=O) groups excluding carboxylic acids is 1. The van der Waals surface area contributed by atoms with Crippen LogP contribution in [0.4, 0.5) is 0 Å². The summed E-state index contributed by atoms with van der Waals surface area (Å²) in [7, 11) is 0. The van der Waals surface area contributed by atoms with Crippen molar-refractivity contribution in [1.82, 2.24) is 5.32 Å². The minimum atomic E-state index is -0.142. The van der Waals surface area contributed by atoms with Gasteiger partial charge in [0.2, 0.25) is 0 Å². The number of ketones is 1. The highest BCUT2D eigenvalue weighted by molar-refractivity contribution is 5.87. The molecule has 2 rings (SSSR count). The van der Waals surface area contributed by atoms with Crippen LogP contribution in [0.5, 0.6) is 0 Å². The minimum absolute atomic E-state index is 0.142. The molecule has 11 heavy (non-hydrogen) atoms. The van der Waals surface area contributed by atoms with Crippen LogP contribution in [0.25, 0.3) is 0 Å². The summed E-state index contributed by atoms with van der Waals surface area (Å²) in [4.78, 5) is 11.4. The molecule has 3 nitrogen and oxygen atoms in total. The molecule has 1 atom stereocenters. The van der Waals surface area contributed by atoms with Gasteiger partial charge in [0.25, 0.3) is 0 Å². The van der Waals surface area contributed by atoms with E-state index in [2.05, 4.69) is 5.32 Å². The highest BCUT2D eigenvalue weighted by Crippen LogP contribution is 2.31. The van der Waals surface area contributed by atoms with Gasteiger partial charge in [-0.05, 0) is 12.8 Å². The molecule has 62 valence electrons. The third kappa shape index (κ3) is 1.60.